The largest absolute Gasteiger partial charge is 0.496 e. The number of carbonyl (C=O) groups is 1. The number of aliphatic carboxylic acids is 1. The van der Waals surface area contributed by atoms with Gasteiger partial charge in [-0.1, -0.05) is 36.4 Å². The summed E-state index contributed by atoms with van der Waals surface area (Å²) in [5.74, 6) is 1.28. The third-order valence-electron chi connectivity index (χ3n) is 4.80. The van der Waals surface area contributed by atoms with Crippen molar-refractivity contribution in [2.45, 2.75) is 18.0 Å². The third-order valence-corrected chi connectivity index (χ3v) is 6.07. The molecule has 5 nitrogen and oxygen atoms in total. The molecule has 1 saturated heterocycles. The van der Waals surface area contributed by atoms with Gasteiger partial charge in [-0.3, -0.25) is 10.1 Å². The highest BCUT2D eigenvalue weighted by Gasteiger charge is 2.30. The van der Waals surface area contributed by atoms with Crippen LogP contribution in [0.3, 0.4) is 0 Å². The summed E-state index contributed by atoms with van der Waals surface area (Å²) >= 11 is 1.60. The summed E-state index contributed by atoms with van der Waals surface area (Å²) in [6, 6.07) is 19.6. The summed E-state index contributed by atoms with van der Waals surface area (Å²) < 4.78 is 11.5. The number of fused-ring (bicyclic) bond motifs is 1. The molecule has 2 N–H and O–H groups in total. The third kappa shape index (κ3) is 3.93. The Morgan fingerprint density at radius 2 is 1.96 bits per heavy atom. The number of ether oxygens (including phenoxy) is 2. The van der Waals surface area contributed by atoms with Crippen LogP contribution in [0.25, 0.3) is 10.8 Å². The molecule has 0 unspecified atom stereocenters. The van der Waals surface area contributed by atoms with E-state index in [9.17, 15) is 9.90 Å². The molecule has 3 aromatic carbocycles. The smallest absolute Gasteiger partial charge is 0.321 e. The van der Waals surface area contributed by atoms with Crippen LogP contribution in [0.2, 0.25) is 0 Å². The number of nitrogens with one attached hydrogen (secondary N) is 1. The first-order valence-corrected chi connectivity index (χ1v) is 10.1. The van der Waals surface area contributed by atoms with Gasteiger partial charge in [-0.05, 0) is 40.6 Å². The van der Waals surface area contributed by atoms with Gasteiger partial charge in [0.05, 0.1) is 12.5 Å². The highest BCUT2D eigenvalue weighted by atomic mass is 32.2. The SMILES string of the molecule is COc1ccc([C@@H]2N[C@@H](C(=O)O)CS2)cc1COc1ccc2ccccc2c1. The van der Waals surface area contributed by atoms with Crippen molar-refractivity contribution in [2.75, 3.05) is 12.9 Å². The first-order chi connectivity index (χ1) is 13.6. The molecule has 0 spiro atoms. The minimum Gasteiger partial charge on any atom is -0.496 e. The van der Waals surface area contributed by atoms with E-state index in [0.717, 1.165) is 28.0 Å². The van der Waals surface area contributed by atoms with Gasteiger partial charge in [0.1, 0.15) is 24.1 Å². The number of benzene rings is 3. The van der Waals surface area contributed by atoms with Crippen molar-refractivity contribution in [3.05, 3.63) is 71.8 Å². The van der Waals surface area contributed by atoms with Gasteiger partial charge in [-0.2, -0.15) is 0 Å². The molecule has 0 bridgehead atoms. The Morgan fingerprint density at radius 1 is 1.14 bits per heavy atom. The Hall–Kier alpha value is -2.70. The van der Waals surface area contributed by atoms with Crippen molar-refractivity contribution in [3.8, 4) is 11.5 Å². The highest BCUT2D eigenvalue weighted by molar-refractivity contribution is 7.99. The van der Waals surface area contributed by atoms with E-state index in [2.05, 4.69) is 17.4 Å². The summed E-state index contributed by atoms with van der Waals surface area (Å²) in [4.78, 5) is 11.2. The summed E-state index contributed by atoms with van der Waals surface area (Å²) in [7, 11) is 1.64. The van der Waals surface area contributed by atoms with Crippen LogP contribution in [0.1, 0.15) is 16.5 Å². The van der Waals surface area contributed by atoms with Crippen LogP contribution in [-0.2, 0) is 11.4 Å². The van der Waals surface area contributed by atoms with E-state index in [-0.39, 0.29) is 5.37 Å². The zero-order chi connectivity index (χ0) is 19.5. The van der Waals surface area contributed by atoms with Crippen molar-refractivity contribution in [3.63, 3.8) is 0 Å². The molecule has 0 aliphatic carbocycles. The summed E-state index contributed by atoms with van der Waals surface area (Å²) in [6.45, 7) is 0.370. The number of hydrogen-bond donors (Lipinski definition) is 2. The van der Waals surface area contributed by atoms with Crippen LogP contribution in [0.4, 0.5) is 0 Å². The van der Waals surface area contributed by atoms with Crippen LogP contribution < -0.4 is 14.8 Å². The molecular formula is C22H21NO4S. The first kappa shape index (κ1) is 18.7. The van der Waals surface area contributed by atoms with Gasteiger partial charge in [-0.15, -0.1) is 11.8 Å². The van der Waals surface area contributed by atoms with E-state index >= 15 is 0 Å². The number of carboxylic acid groups (broad SMARTS) is 1. The monoisotopic (exact) mass is 395 g/mol. The number of thioether (sulfide) groups is 1. The minimum absolute atomic E-state index is 0.0496. The van der Waals surface area contributed by atoms with Gasteiger partial charge in [0.2, 0.25) is 0 Å². The van der Waals surface area contributed by atoms with Crippen LogP contribution in [-0.4, -0.2) is 30.0 Å². The van der Waals surface area contributed by atoms with Gasteiger partial charge in [0.15, 0.2) is 0 Å². The van der Waals surface area contributed by atoms with E-state index in [0.29, 0.717) is 12.4 Å². The molecule has 144 valence electrons. The molecule has 2 atom stereocenters. The van der Waals surface area contributed by atoms with E-state index in [1.165, 1.54) is 5.39 Å². The molecule has 0 saturated carbocycles. The molecule has 0 amide bonds. The van der Waals surface area contributed by atoms with Crippen LogP contribution >= 0.6 is 11.8 Å². The lowest BCUT2D eigenvalue weighted by molar-refractivity contribution is -0.138. The zero-order valence-corrected chi connectivity index (χ0v) is 16.2. The zero-order valence-electron chi connectivity index (χ0n) is 15.4. The maximum atomic E-state index is 11.2. The quantitative estimate of drug-likeness (QED) is 0.652. The predicted octanol–water partition coefficient (Wildman–Crippen LogP) is 4.22. The summed E-state index contributed by atoms with van der Waals surface area (Å²) in [5.41, 5.74) is 1.95. The minimum atomic E-state index is -0.816. The first-order valence-electron chi connectivity index (χ1n) is 9.03. The topological polar surface area (TPSA) is 67.8 Å². The normalized spacial score (nSPS) is 18.9. The molecule has 6 heteroatoms. The van der Waals surface area contributed by atoms with Gasteiger partial charge in [0, 0.05) is 11.3 Å². The predicted molar refractivity (Wildman–Crippen MR) is 111 cm³/mol. The van der Waals surface area contributed by atoms with Crippen LogP contribution in [0, 0.1) is 0 Å². The fraction of sp³-hybridized carbons (Fsp3) is 0.227. The highest BCUT2D eigenvalue weighted by Crippen LogP contribution is 2.35. The van der Waals surface area contributed by atoms with Crippen molar-refractivity contribution in [1.82, 2.24) is 5.32 Å². The number of carboxylic acids is 1. The van der Waals surface area contributed by atoms with E-state index in [1.807, 2.05) is 48.5 Å². The average Bonchev–Trinajstić information content (AvgIpc) is 3.22. The molecule has 3 aromatic rings. The number of hydrogen-bond acceptors (Lipinski definition) is 5. The maximum Gasteiger partial charge on any atom is 0.321 e. The second kappa shape index (κ2) is 8.12. The fourth-order valence-corrected chi connectivity index (χ4v) is 4.52. The lowest BCUT2D eigenvalue weighted by Gasteiger charge is -2.16. The Kier molecular flexibility index (Phi) is 5.41. The van der Waals surface area contributed by atoms with Gasteiger partial charge in [-0.25, -0.2) is 0 Å². The fourth-order valence-electron chi connectivity index (χ4n) is 3.30. The maximum absolute atomic E-state index is 11.2. The Balaban J connectivity index is 1.52. The molecule has 0 aromatic heterocycles. The average molecular weight is 395 g/mol. The number of rotatable bonds is 6. The number of methoxy groups -OCH3 is 1. The Labute approximate surface area is 167 Å². The molecule has 0 radical (unpaired) electrons. The lowest BCUT2D eigenvalue weighted by Crippen LogP contribution is -2.33. The van der Waals surface area contributed by atoms with Crippen molar-refractivity contribution < 1.29 is 19.4 Å². The molecule has 4 rings (SSSR count). The van der Waals surface area contributed by atoms with Gasteiger partial charge < -0.3 is 14.6 Å². The second-order valence-corrected chi connectivity index (χ2v) is 7.78. The molecule has 1 aliphatic heterocycles. The Morgan fingerprint density at radius 3 is 2.71 bits per heavy atom. The summed E-state index contributed by atoms with van der Waals surface area (Å²) in [5, 5.41) is 14.6. The Bertz CT molecular complexity index is 1010. The van der Waals surface area contributed by atoms with Gasteiger partial charge in [0.25, 0.3) is 0 Å². The van der Waals surface area contributed by atoms with Crippen molar-refractivity contribution in [2.24, 2.45) is 0 Å². The van der Waals surface area contributed by atoms with Crippen molar-refractivity contribution >= 4 is 28.5 Å². The van der Waals surface area contributed by atoms with E-state index < -0.39 is 12.0 Å². The van der Waals surface area contributed by atoms with Crippen LogP contribution in [0.15, 0.2) is 60.7 Å². The van der Waals surface area contributed by atoms with Crippen molar-refractivity contribution in [1.29, 1.82) is 0 Å². The molecule has 1 fully saturated rings. The standard InChI is InChI=1S/C22H21NO4S/c1-26-20-9-7-16(21-23-19(13-28-21)22(24)25)10-17(20)12-27-18-8-6-14-4-2-3-5-15(14)11-18/h2-11,19,21,23H,12-13H2,1H3,(H,24,25)/t19-,21-/m1/s1. The lowest BCUT2D eigenvalue weighted by atomic mass is 10.1. The molecule has 28 heavy (non-hydrogen) atoms. The molecule has 1 aliphatic rings. The van der Waals surface area contributed by atoms with Gasteiger partial charge >= 0.3 is 5.97 Å². The molecule has 1 heterocycles. The molecular weight excluding hydrogens is 374 g/mol. The second-order valence-electron chi connectivity index (χ2n) is 6.64. The van der Waals surface area contributed by atoms with E-state index in [4.69, 9.17) is 9.47 Å². The van der Waals surface area contributed by atoms with Crippen LogP contribution in [0.5, 0.6) is 11.5 Å². The van der Waals surface area contributed by atoms with E-state index in [1.54, 1.807) is 18.9 Å². The summed E-state index contributed by atoms with van der Waals surface area (Å²) in [6.07, 6.45) is 0.